The maximum atomic E-state index is 6.09. The van der Waals surface area contributed by atoms with Gasteiger partial charge in [-0.3, -0.25) is 0 Å². The van der Waals surface area contributed by atoms with Crippen molar-refractivity contribution in [2.24, 2.45) is 0 Å². The fraction of sp³-hybridized carbons (Fsp3) is 0.143. The van der Waals surface area contributed by atoms with Crippen molar-refractivity contribution < 1.29 is 0 Å². The molecule has 0 radical (unpaired) electrons. The van der Waals surface area contributed by atoms with Gasteiger partial charge >= 0.3 is 0 Å². The molecule has 0 N–H and O–H groups in total. The van der Waals surface area contributed by atoms with Crippen LogP contribution in [0.4, 0.5) is 0 Å². The summed E-state index contributed by atoms with van der Waals surface area (Å²) in [5.41, 5.74) is 2.58. The average Bonchev–Trinajstić information content (AvgIpc) is 2.29. The standard InChI is InChI=1S/C14H13Cl/c15-14-9-5-4-8-13(14)11-10-12-6-2-1-3-7-12/h1-9H,10-11H2. The second-order valence-corrected chi connectivity index (χ2v) is 3.98. The Labute approximate surface area is 95.5 Å². The second-order valence-electron chi connectivity index (χ2n) is 3.58. The van der Waals surface area contributed by atoms with E-state index >= 15 is 0 Å². The number of benzene rings is 2. The smallest absolute Gasteiger partial charge is 0.0438 e. The van der Waals surface area contributed by atoms with Crippen molar-refractivity contribution >= 4 is 11.6 Å². The van der Waals surface area contributed by atoms with Gasteiger partial charge in [-0.2, -0.15) is 0 Å². The first-order valence-corrected chi connectivity index (χ1v) is 5.51. The Morgan fingerprint density at radius 1 is 0.733 bits per heavy atom. The number of hydrogen-bond acceptors (Lipinski definition) is 0. The lowest BCUT2D eigenvalue weighted by atomic mass is 10.0. The molecule has 0 saturated heterocycles. The van der Waals surface area contributed by atoms with Crippen LogP contribution in [0.2, 0.25) is 5.02 Å². The Bertz CT molecular complexity index is 420. The largest absolute Gasteiger partial charge is 0.0840 e. The molecule has 2 aromatic rings. The van der Waals surface area contributed by atoms with Gasteiger partial charge in [0, 0.05) is 5.02 Å². The van der Waals surface area contributed by atoms with Crippen molar-refractivity contribution in [2.75, 3.05) is 0 Å². The van der Waals surface area contributed by atoms with Gasteiger partial charge < -0.3 is 0 Å². The van der Waals surface area contributed by atoms with Crippen LogP contribution in [0.3, 0.4) is 0 Å². The third-order valence-electron chi connectivity index (χ3n) is 2.48. The van der Waals surface area contributed by atoms with E-state index in [9.17, 15) is 0 Å². The van der Waals surface area contributed by atoms with Gasteiger partial charge in [-0.05, 0) is 30.0 Å². The number of halogens is 1. The molecule has 15 heavy (non-hydrogen) atoms. The third kappa shape index (κ3) is 2.84. The molecular weight excluding hydrogens is 204 g/mol. The van der Waals surface area contributed by atoms with Crippen molar-refractivity contribution in [3.63, 3.8) is 0 Å². The molecule has 2 aromatic carbocycles. The van der Waals surface area contributed by atoms with Crippen LogP contribution < -0.4 is 0 Å². The number of hydrogen-bond donors (Lipinski definition) is 0. The van der Waals surface area contributed by atoms with Crippen molar-refractivity contribution in [2.45, 2.75) is 12.8 Å². The van der Waals surface area contributed by atoms with Gasteiger partial charge in [-0.25, -0.2) is 0 Å². The lowest BCUT2D eigenvalue weighted by molar-refractivity contribution is 0.960. The Morgan fingerprint density at radius 3 is 2.13 bits per heavy atom. The normalized spacial score (nSPS) is 10.2. The minimum atomic E-state index is 0.869. The van der Waals surface area contributed by atoms with E-state index < -0.39 is 0 Å². The molecule has 0 spiro atoms. The first-order chi connectivity index (χ1) is 7.36. The maximum Gasteiger partial charge on any atom is 0.0438 e. The molecule has 0 bridgehead atoms. The average molecular weight is 217 g/mol. The first kappa shape index (κ1) is 10.3. The summed E-state index contributed by atoms with van der Waals surface area (Å²) in [5, 5.41) is 0.869. The molecule has 76 valence electrons. The predicted molar refractivity (Wildman–Crippen MR) is 65.3 cm³/mol. The van der Waals surface area contributed by atoms with Crippen molar-refractivity contribution in [3.8, 4) is 0 Å². The molecule has 0 fully saturated rings. The zero-order chi connectivity index (χ0) is 10.5. The number of aryl methyl sites for hydroxylation is 2. The van der Waals surface area contributed by atoms with Crippen molar-refractivity contribution in [1.82, 2.24) is 0 Å². The molecule has 0 aliphatic heterocycles. The van der Waals surface area contributed by atoms with Gasteiger partial charge in [0.05, 0.1) is 0 Å². The molecule has 0 unspecified atom stereocenters. The molecule has 0 amide bonds. The highest BCUT2D eigenvalue weighted by atomic mass is 35.5. The lowest BCUT2D eigenvalue weighted by Crippen LogP contribution is -1.91. The molecule has 0 saturated carbocycles. The minimum absolute atomic E-state index is 0.869. The van der Waals surface area contributed by atoms with Crippen LogP contribution in [0.1, 0.15) is 11.1 Å². The summed E-state index contributed by atoms with van der Waals surface area (Å²) in [5.74, 6) is 0. The van der Waals surface area contributed by atoms with Gasteiger partial charge in [0.2, 0.25) is 0 Å². The SMILES string of the molecule is Clc1ccccc1CCc1ccccc1. The quantitative estimate of drug-likeness (QED) is 0.724. The van der Waals surface area contributed by atoms with Crippen molar-refractivity contribution in [3.05, 3.63) is 70.7 Å². The molecular formula is C14H13Cl. The van der Waals surface area contributed by atoms with Gasteiger partial charge in [0.1, 0.15) is 0 Å². The Kier molecular flexibility index (Phi) is 3.41. The van der Waals surface area contributed by atoms with Crippen LogP contribution in [-0.2, 0) is 12.8 Å². The summed E-state index contributed by atoms with van der Waals surface area (Å²) in [4.78, 5) is 0. The molecule has 2 rings (SSSR count). The molecule has 0 aliphatic carbocycles. The van der Waals surface area contributed by atoms with Crippen LogP contribution in [0.15, 0.2) is 54.6 Å². The molecule has 0 atom stereocenters. The van der Waals surface area contributed by atoms with Gasteiger partial charge in [-0.1, -0.05) is 60.1 Å². The van der Waals surface area contributed by atoms with E-state index in [0.717, 1.165) is 17.9 Å². The lowest BCUT2D eigenvalue weighted by Gasteiger charge is -2.03. The summed E-state index contributed by atoms with van der Waals surface area (Å²) >= 11 is 6.09. The molecule has 0 nitrogen and oxygen atoms in total. The summed E-state index contributed by atoms with van der Waals surface area (Å²) in [7, 11) is 0. The molecule has 0 heterocycles. The molecule has 0 aromatic heterocycles. The van der Waals surface area contributed by atoms with E-state index in [2.05, 4.69) is 30.3 Å². The fourth-order valence-corrected chi connectivity index (χ4v) is 1.86. The van der Waals surface area contributed by atoms with Crippen LogP contribution in [0.5, 0.6) is 0 Å². The Morgan fingerprint density at radius 2 is 1.40 bits per heavy atom. The van der Waals surface area contributed by atoms with E-state index in [1.165, 1.54) is 11.1 Å². The zero-order valence-corrected chi connectivity index (χ0v) is 9.24. The van der Waals surface area contributed by atoms with Crippen LogP contribution >= 0.6 is 11.6 Å². The van der Waals surface area contributed by atoms with Gasteiger partial charge in [-0.15, -0.1) is 0 Å². The minimum Gasteiger partial charge on any atom is -0.0840 e. The Balaban J connectivity index is 2.03. The topological polar surface area (TPSA) is 0 Å². The first-order valence-electron chi connectivity index (χ1n) is 5.13. The third-order valence-corrected chi connectivity index (χ3v) is 2.85. The fourth-order valence-electron chi connectivity index (χ4n) is 1.62. The van der Waals surface area contributed by atoms with Crippen LogP contribution in [0, 0.1) is 0 Å². The van der Waals surface area contributed by atoms with Gasteiger partial charge in [0.25, 0.3) is 0 Å². The zero-order valence-electron chi connectivity index (χ0n) is 8.49. The highest BCUT2D eigenvalue weighted by Gasteiger charge is 1.99. The summed E-state index contributed by atoms with van der Waals surface area (Å²) in [6.07, 6.45) is 2.05. The maximum absolute atomic E-state index is 6.09. The van der Waals surface area contributed by atoms with Crippen molar-refractivity contribution in [1.29, 1.82) is 0 Å². The van der Waals surface area contributed by atoms with E-state index in [-0.39, 0.29) is 0 Å². The van der Waals surface area contributed by atoms with E-state index in [0.29, 0.717) is 0 Å². The van der Waals surface area contributed by atoms with E-state index in [4.69, 9.17) is 11.6 Å². The van der Waals surface area contributed by atoms with Crippen LogP contribution in [-0.4, -0.2) is 0 Å². The van der Waals surface area contributed by atoms with Crippen LogP contribution in [0.25, 0.3) is 0 Å². The summed E-state index contributed by atoms with van der Waals surface area (Å²) in [6.45, 7) is 0. The monoisotopic (exact) mass is 216 g/mol. The Hall–Kier alpha value is -1.27. The summed E-state index contributed by atoms with van der Waals surface area (Å²) < 4.78 is 0. The van der Waals surface area contributed by atoms with E-state index in [1.54, 1.807) is 0 Å². The predicted octanol–water partition coefficient (Wildman–Crippen LogP) is 4.13. The highest BCUT2D eigenvalue weighted by molar-refractivity contribution is 6.31. The highest BCUT2D eigenvalue weighted by Crippen LogP contribution is 2.17. The molecule has 0 aliphatic rings. The van der Waals surface area contributed by atoms with E-state index in [1.807, 2.05) is 24.3 Å². The molecule has 1 heteroatoms. The summed E-state index contributed by atoms with van der Waals surface area (Å²) in [6, 6.07) is 18.5. The number of rotatable bonds is 3. The second kappa shape index (κ2) is 4.99. The van der Waals surface area contributed by atoms with Gasteiger partial charge in [0.15, 0.2) is 0 Å².